The highest BCUT2D eigenvalue weighted by molar-refractivity contribution is 14.0. The maximum Gasteiger partial charge on any atom is 0.222 e. The number of halogens is 1. The predicted octanol–water partition coefficient (Wildman–Crippen LogP) is 3.07. The Kier molecular flexibility index (Phi) is 11.0. The Balaban J connectivity index is 0.00000338. The van der Waals surface area contributed by atoms with Gasteiger partial charge in [0.15, 0.2) is 5.96 Å². The van der Waals surface area contributed by atoms with Gasteiger partial charge in [0.05, 0.1) is 0 Å². The molecular weight excluding hydrogens is 459 g/mol. The van der Waals surface area contributed by atoms with Crippen LogP contribution in [0, 0.1) is 11.8 Å². The van der Waals surface area contributed by atoms with Crippen LogP contribution in [0.5, 0.6) is 0 Å². The van der Waals surface area contributed by atoms with Crippen LogP contribution in [0.2, 0.25) is 0 Å². The highest BCUT2D eigenvalue weighted by Gasteiger charge is 2.24. The number of nitrogens with one attached hydrogen (secondary N) is 2. The average molecular weight is 490 g/mol. The fourth-order valence-electron chi connectivity index (χ4n) is 2.79. The van der Waals surface area contributed by atoms with Crippen LogP contribution in [0.25, 0.3) is 0 Å². The summed E-state index contributed by atoms with van der Waals surface area (Å²) in [4.78, 5) is 19.6. The second-order valence-electron chi connectivity index (χ2n) is 6.64. The van der Waals surface area contributed by atoms with Crippen LogP contribution in [0.4, 0.5) is 0 Å². The number of benzene rings is 1. The molecule has 7 heteroatoms. The Morgan fingerprint density at radius 2 is 1.96 bits per heavy atom. The Bertz CT molecular complexity index is 568. The molecule has 1 heterocycles. The van der Waals surface area contributed by atoms with Crippen LogP contribution in [-0.2, 0) is 4.79 Å². The Morgan fingerprint density at radius 3 is 2.62 bits per heavy atom. The van der Waals surface area contributed by atoms with E-state index >= 15 is 0 Å². The van der Waals surface area contributed by atoms with Crippen LogP contribution >= 0.6 is 35.7 Å². The van der Waals surface area contributed by atoms with Crippen molar-refractivity contribution in [2.45, 2.75) is 25.2 Å². The molecule has 1 aliphatic rings. The minimum atomic E-state index is 0. The number of likely N-dealkylation sites (tertiary alicyclic amines) is 1. The molecule has 5 nitrogen and oxygen atoms in total. The Labute approximate surface area is 178 Å². The number of amides is 1. The summed E-state index contributed by atoms with van der Waals surface area (Å²) in [6.07, 6.45) is 1.20. The summed E-state index contributed by atoms with van der Waals surface area (Å²) in [5, 5.41) is 6.28. The number of hydrogen-bond acceptors (Lipinski definition) is 3. The first-order chi connectivity index (χ1) is 12.1. The van der Waals surface area contributed by atoms with Gasteiger partial charge in [-0.25, -0.2) is 0 Å². The van der Waals surface area contributed by atoms with E-state index < -0.39 is 0 Å². The molecule has 0 saturated carbocycles. The van der Waals surface area contributed by atoms with Crippen molar-refractivity contribution in [2.75, 3.05) is 39.0 Å². The number of carbonyl (C=O) groups is 1. The standard InChI is InChI=1S/C19H30N4OS.HI/c1-15(2)18(24)21-10-11-22-19(20-3)23-12-9-16(13-23)14-25-17-7-5-4-6-8-17;/h4-8,15-16H,9-14H2,1-3H3,(H,20,22)(H,21,24);1H. The number of nitrogens with zero attached hydrogens (tertiary/aromatic N) is 2. The van der Waals surface area contributed by atoms with E-state index in [0.29, 0.717) is 19.0 Å². The highest BCUT2D eigenvalue weighted by atomic mass is 127. The smallest absolute Gasteiger partial charge is 0.222 e. The summed E-state index contributed by atoms with van der Waals surface area (Å²) < 4.78 is 0. The third kappa shape index (κ3) is 7.73. The van der Waals surface area contributed by atoms with Crippen molar-refractivity contribution in [3.05, 3.63) is 30.3 Å². The molecule has 2 rings (SSSR count). The van der Waals surface area contributed by atoms with Crippen LogP contribution in [-0.4, -0.2) is 55.7 Å². The van der Waals surface area contributed by atoms with Crippen LogP contribution in [0.3, 0.4) is 0 Å². The van der Waals surface area contributed by atoms with E-state index in [1.165, 1.54) is 11.3 Å². The molecule has 1 saturated heterocycles. The Hall–Kier alpha value is -0.960. The number of hydrogen-bond donors (Lipinski definition) is 2. The van der Waals surface area contributed by atoms with Crippen molar-refractivity contribution < 1.29 is 4.79 Å². The fourth-order valence-corrected chi connectivity index (χ4v) is 3.84. The zero-order chi connectivity index (χ0) is 18.1. The number of thioether (sulfide) groups is 1. The van der Waals surface area contributed by atoms with E-state index in [1.807, 2.05) is 32.7 Å². The van der Waals surface area contributed by atoms with Crippen molar-refractivity contribution in [1.82, 2.24) is 15.5 Å². The molecule has 0 radical (unpaired) electrons. The number of guanidine groups is 1. The molecule has 0 spiro atoms. The SMILES string of the molecule is CN=C(NCCNC(=O)C(C)C)N1CCC(CSc2ccccc2)C1.I. The summed E-state index contributed by atoms with van der Waals surface area (Å²) in [6.45, 7) is 7.21. The minimum absolute atomic E-state index is 0. The van der Waals surface area contributed by atoms with Crippen LogP contribution in [0.1, 0.15) is 20.3 Å². The maximum absolute atomic E-state index is 11.6. The molecule has 1 fully saturated rings. The molecule has 1 aromatic rings. The topological polar surface area (TPSA) is 56.7 Å². The first-order valence-electron chi connectivity index (χ1n) is 9.01. The third-order valence-electron chi connectivity index (χ3n) is 4.26. The lowest BCUT2D eigenvalue weighted by atomic mass is 10.2. The van der Waals surface area contributed by atoms with Gasteiger partial charge in [0.1, 0.15) is 0 Å². The molecule has 2 N–H and O–H groups in total. The molecule has 1 unspecified atom stereocenters. The first-order valence-corrected chi connectivity index (χ1v) is 10.00. The van der Waals surface area contributed by atoms with Crippen molar-refractivity contribution in [1.29, 1.82) is 0 Å². The first kappa shape index (κ1) is 23.1. The van der Waals surface area contributed by atoms with Crippen LogP contribution < -0.4 is 10.6 Å². The second-order valence-corrected chi connectivity index (χ2v) is 7.74. The van der Waals surface area contributed by atoms with Gasteiger partial charge in [-0.15, -0.1) is 35.7 Å². The summed E-state index contributed by atoms with van der Waals surface area (Å²) in [7, 11) is 1.82. The van der Waals surface area contributed by atoms with Gasteiger partial charge >= 0.3 is 0 Å². The van der Waals surface area contributed by atoms with E-state index in [-0.39, 0.29) is 35.8 Å². The summed E-state index contributed by atoms with van der Waals surface area (Å²) in [5.41, 5.74) is 0. The largest absolute Gasteiger partial charge is 0.354 e. The van der Waals surface area contributed by atoms with Crippen molar-refractivity contribution in [3.8, 4) is 0 Å². The zero-order valence-corrected chi connectivity index (χ0v) is 19.1. The number of aliphatic imine (C=N–C) groups is 1. The monoisotopic (exact) mass is 490 g/mol. The number of carbonyl (C=O) groups excluding carboxylic acids is 1. The van der Waals surface area contributed by atoms with Crippen molar-refractivity contribution >= 4 is 47.6 Å². The lowest BCUT2D eigenvalue weighted by Gasteiger charge is -2.22. The van der Waals surface area contributed by atoms with Crippen LogP contribution in [0.15, 0.2) is 40.2 Å². The van der Waals surface area contributed by atoms with E-state index in [9.17, 15) is 4.79 Å². The summed E-state index contributed by atoms with van der Waals surface area (Å²) >= 11 is 1.93. The van der Waals surface area contributed by atoms with Gasteiger partial charge in [-0.05, 0) is 24.5 Å². The number of rotatable bonds is 7. The molecule has 1 atom stereocenters. The molecule has 1 amide bonds. The molecule has 1 aliphatic heterocycles. The average Bonchev–Trinajstić information content (AvgIpc) is 3.09. The normalized spacial score (nSPS) is 17.2. The molecular formula is C19H31IN4OS. The fraction of sp³-hybridized carbons (Fsp3) is 0.579. The minimum Gasteiger partial charge on any atom is -0.354 e. The van der Waals surface area contributed by atoms with E-state index in [4.69, 9.17) is 0 Å². The molecule has 0 aliphatic carbocycles. The van der Waals surface area contributed by atoms with Gasteiger partial charge in [-0.1, -0.05) is 32.0 Å². The van der Waals surface area contributed by atoms with Gasteiger partial charge in [-0.3, -0.25) is 9.79 Å². The molecule has 0 bridgehead atoms. The van der Waals surface area contributed by atoms with Gasteiger partial charge in [-0.2, -0.15) is 0 Å². The lowest BCUT2D eigenvalue weighted by Crippen LogP contribution is -2.43. The maximum atomic E-state index is 11.6. The predicted molar refractivity (Wildman–Crippen MR) is 121 cm³/mol. The molecule has 0 aromatic heterocycles. The second kappa shape index (κ2) is 12.4. The highest BCUT2D eigenvalue weighted by Crippen LogP contribution is 2.25. The van der Waals surface area contributed by atoms with Gasteiger partial charge < -0.3 is 15.5 Å². The van der Waals surface area contributed by atoms with Gasteiger partial charge in [0.2, 0.25) is 5.91 Å². The van der Waals surface area contributed by atoms with E-state index in [0.717, 1.165) is 24.8 Å². The van der Waals surface area contributed by atoms with Crippen molar-refractivity contribution in [3.63, 3.8) is 0 Å². The Morgan fingerprint density at radius 1 is 1.27 bits per heavy atom. The lowest BCUT2D eigenvalue weighted by molar-refractivity contribution is -0.123. The molecule has 146 valence electrons. The van der Waals surface area contributed by atoms with E-state index in [1.54, 1.807) is 0 Å². The van der Waals surface area contributed by atoms with Gasteiger partial charge in [0.25, 0.3) is 0 Å². The molecule has 1 aromatic carbocycles. The molecule has 26 heavy (non-hydrogen) atoms. The van der Waals surface area contributed by atoms with E-state index in [2.05, 4.69) is 50.9 Å². The van der Waals surface area contributed by atoms with Crippen molar-refractivity contribution in [2.24, 2.45) is 16.8 Å². The summed E-state index contributed by atoms with van der Waals surface area (Å²) in [6, 6.07) is 10.6. The zero-order valence-electron chi connectivity index (χ0n) is 15.9. The summed E-state index contributed by atoms with van der Waals surface area (Å²) in [5.74, 6) is 2.88. The van der Waals surface area contributed by atoms with Gasteiger partial charge in [0, 0.05) is 49.8 Å². The third-order valence-corrected chi connectivity index (χ3v) is 5.50. The quantitative estimate of drug-likeness (QED) is 0.203.